The molecule has 2 aromatic heterocycles. The van der Waals surface area contributed by atoms with Crippen molar-refractivity contribution < 1.29 is 22.3 Å². The van der Waals surface area contributed by atoms with Crippen LogP contribution in [0.3, 0.4) is 0 Å². The van der Waals surface area contributed by atoms with Crippen LogP contribution in [0.25, 0.3) is 11.0 Å². The van der Waals surface area contributed by atoms with E-state index in [1.165, 1.54) is 16.7 Å². The van der Waals surface area contributed by atoms with Crippen molar-refractivity contribution in [3.05, 3.63) is 63.8 Å². The summed E-state index contributed by atoms with van der Waals surface area (Å²) in [5.41, 5.74) is 0.460. The molecule has 0 spiro atoms. The molecule has 1 fully saturated rings. The number of halogens is 4. The quantitative estimate of drug-likeness (QED) is 0.547. The summed E-state index contributed by atoms with van der Waals surface area (Å²) in [6.45, 7) is 2.64. The van der Waals surface area contributed by atoms with E-state index < -0.39 is 29.4 Å². The molecular formula is C23H20F4N4O2. The van der Waals surface area contributed by atoms with Crippen LogP contribution < -0.4 is 15.2 Å². The summed E-state index contributed by atoms with van der Waals surface area (Å²) in [5, 5.41) is 9.22. The molecule has 1 aromatic carbocycles. The maximum atomic E-state index is 13.4. The van der Waals surface area contributed by atoms with E-state index in [-0.39, 0.29) is 17.2 Å². The van der Waals surface area contributed by atoms with Gasteiger partial charge in [0.25, 0.3) is 5.56 Å². The van der Waals surface area contributed by atoms with Crippen LogP contribution in [0.1, 0.15) is 24.6 Å². The Kier molecular flexibility index (Phi) is 5.74. The largest absolute Gasteiger partial charge is 0.489 e. The number of fused-ring (bicyclic) bond motifs is 1. The predicted octanol–water partition coefficient (Wildman–Crippen LogP) is 4.26. The number of nitriles is 1. The van der Waals surface area contributed by atoms with Crippen molar-refractivity contribution >= 4 is 16.7 Å². The molecule has 0 bridgehead atoms. The molecule has 2 atom stereocenters. The van der Waals surface area contributed by atoms with Crippen molar-refractivity contribution in [2.75, 3.05) is 18.0 Å². The molecule has 0 saturated carbocycles. The fraction of sp³-hybridized carbons (Fsp3) is 0.348. The highest BCUT2D eigenvalue weighted by atomic mass is 19.4. The minimum absolute atomic E-state index is 0.205. The lowest BCUT2D eigenvalue weighted by atomic mass is 9.95. The standard InChI is InChI=1S/C23H20F4N4O2/c1-13-12-31(18-10-21(32)30(2)17-5-4-15(11-28)29-22(17)18)8-7-19(13)33-20-6-3-14(24)9-16(20)23(25,26)27/h3-6,9-10,13,19H,7-8,12H2,1-2H3/t13-,19-/m1/s1. The maximum absolute atomic E-state index is 13.4. The fourth-order valence-electron chi connectivity index (χ4n) is 4.12. The third kappa shape index (κ3) is 4.35. The number of benzene rings is 1. The molecule has 10 heteroatoms. The highest BCUT2D eigenvalue weighted by Crippen LogP contribution is 2.38. The number of rotatable bonds is 3. The van der Waals surface area contributed by atoms with Crippen LogP contribution in [-0.2, 0) is 13.2 Å². The first-order chi connectivity index (χ1) is 15.6. The highest BCUT2D eigenvalue weighted by Gasteiger charge is 2.37. The number of anilines is 1. The summed E-state index contributed by atoms with van der Waals surface area (Å²) in [6.07, 6.45) is -4.90. The molecule has 0 N–H and O–H groups in total. The summed E-state index contributed by atoms with van der Waals surface area (Å²) in [5.74, 6) is -1.60. The lowest BCUT2D eigenvalue weighted by Gasteiger charge is -2.38. The molecule has 6 nitrogen and oxygen atoms in total. The Morgan fingerprint density at radius 2 is 1.97 bits per heavy atom. The fourth-order valence-corrected chi connectivity index (χ4v) is 4.12. The second-order valence-corrected chi connectivity index (χ2v) is 8.11. The molecule has 172 valence electrons. The van der Waals surface area contributed by atoms with E-state index >= 15 is 0 Å². The van der Waals surface area contributed by atoms with Gasteiger partial charge < -0.3 is 14.2 Å². The number of hydrogen-bond donors (Lipinski definition) is 0. The van der Waals surface area contributed by atoms with Crippen molar-refractivity contribution in [1.29, 1.82) is 5.26 Å². The SMILES string of the molecule is C[C@@H]1CN(c2cc(=O)n(C)c3ccc(C#N)nc23)CC[C@H]1Oc1ccc(F)cc1C(F)(F)F. The number of ether oxygens (including phenoxy) is 1. The summed E-state index contributed by atoms with van der Waals surface area (Å²) in [7, 11) is 1.62. The third-order valence-corrected chi connectivity index (χ3v) is 5.88. The molecule has 0 amide bonds. The number of aromatic nitrogens is 2. The van der Waals surface area contributed by atoms with Gasteiger partial charge in [-0.05, 0) is 30.3 Å². The average Bonchev–Trinajstić information content (AvgIpc) is 2.77. The smallest absolute Gasteiger partial charge is 0.420 e. The van der Waals surface area contributed by atoms with Gasteiger partial charge in [0.15, 0.2) is 0 Å². The van der Waals surface area contributed by atoms with E-state index in [4.69, 9.17) is 4.74 Å². The minimum Gasteiger partial charge on any atom is -0.489 e. The van der Waals surface area contributed by atoms with Gasteiger partial charge in [-0.25, -0.2) is 9.37 Å². The van der Waals surface area contributed by atoms with E-state index in [1.54, 1.807) is 13.1 Å². The zero-order valence-corrected chi connectivity index (χ0v) is 17.9. The predicted molar refractivity (Wildman–Crippen MR) is 114 cm³/mol. The van der Waals surface area contributed by atoms with Crippen molar-refractivity contribution in [2.45, 2.75) is 25.6 Å². The topological polar surface area (TPSA) is 71.2 Å². The van der Waals surface area contributed by atoms with Crippen LogP contribution >= 0.6 is 0 Å². The monoisotopic (exact) mass is 460 g/mol. The van der Waals surface area contributed by atoms with Gasteiger partial charge in [-0.3, -0.25) is 4.79 Å². The average molecular weight is 460 g/mol. The molecule has 1 aliphatic rings. The Morgan fingerprint density at radius 3 is 2.64 bits per heavy atom. The molecule has 33 heavy (non-hydrogen) atoms. The molecule has 3 aromatic rings. The van der Waals surface area contributed by atoms with Gasteiger partial charge in [-0.2, -0.15) is 18.4 Å². The van der Waals surface area contributed by atoms with E-state index in [0.717, 1.165) is 12.1 Å². The molecule has 0 unspecified atom stereocenters. The summed E-state index contributed by atoms with van der Waals surface area (Å²) in [4.78, 5) is 18.8. The van der Waals surface area contributed by atoms with Crippen LogP contribution in [0, 0.1) is 23.1 Å². The number of nitrogens with zero attached hydrogens (tertiary/aromatic N) is 4. The zero-order valence-electron chi connectivity index (χ0n) is 17.9. The van der Waals surface area contributed by atoms with Crippen LogP contribution in [0.15, 0.2) is 41.2 Å². The van der Waals surface area contributed by atoms with Gasteiger partial charge in [0.2, 0.25) is 0 Å². The van der Waals surface area contributed by atoms with Gasteiger partial charge >= 0.3 is 6.18 Å². The summed E-state index contributed by atoms with van der Waals surface area (Å²) in [6, 6.07) is 9.01. The Bertz CT molecular complexity index is 1310. The first-order valence-corrected chi connectivity index (χ1v) is 10.3. The van der Waals surface area contributed by atoms with Crippen molar-refractivity contribution in [3.63, 3.8) is 0 Å². The van der Waals surface area contributed by atoms with E-state index in [0.29, 0.717) is 42.3 Å². The number of hydrogen-bond acceptors (Lipinski definition) is 5. The lowest BCUT2D eigenvalue weighted by Crippen LogP contribution is -2.45. The molecule has 0 aliphatic carbocycles. The highest BCUT2D eigenvalue weighted by molar-refractivity contribution is 5.88. The molecule has 0 radical (unpaired) electrons. The second kappa shape index (κ2) is 8.39. The van der Waals surface area contributed by atoms with Crippen molar-refractivity contribution in [1.82, 2.24) is 9.55 Å². The van der Waals surface area contributed by atoms with Gasteiger partial charge in [-0.15, -0.1) is 0 Å². The van der Waals surface area contributed by atoms with E-state index in [1.807, 2.05) is 17.9 Å². The van der Waals surface area contributed by atoms with Gasteiger partial charge in [-0.1, -0.05) is 6.92 Å². The Hall–Kier alpha value is -3.61. The van der Waals surface area contributed by atoms with Gasteiger partial charge in [0.1, 0.15) is 40.5 Å². The summed E-state index contributed by atoms with van der Waals surface area (Å²) >= 11 is 0. The van der Waals surface area contributed by atoms with E-state index in [9.17, 15) is 27.6 Å². The van der Waals surface area contributed by atoms with Crippen molar-refractivity contribution in [2.24, 2.45) is 13.0 Å². The van der Waals surface area contributed by atoms with Crippen LogP contribution in [0.4, 0.5) is 23.2 Å². The molecule has 4 rings (SSSR count). The minimum atomic E-state index is -4.74. The number of alkyl halides is 3. The zero-order chi connectivity index (χ0) is 23.9. The Morgan fingerprint density at radius 1 is 1.21 bits per heavy atom. The first kappa shape index (κ1) is 22.6. The summed E-state index contributed by atoms with van der Waals surface area (Å²) < 4.78 is 60.5. The second-order valence-electron chi connectivity index (χ2n) is 8.11. The van der Waals surface area contributed by atoms with Gasteiger partial charge in [0.05, 0.1) is 11.2 Å². The van der Waals surface area contributed by atoms with Crippen LogP contribution in [0.2, 0.25) is 0 Å². The number of aryl methyl sites for hydroxylation is 1. The molecule has 3 heterocycles. The van der Waals surface area contributed by atoms with Gasteiger partial charge in [0, 0.05) is 38.5 Å². The Labute approximate surface area is 186 Å². The lowest BCUT2D eigenvalue weighted by molar-refractivity contribution is -0.139. The van der Waals surface area contributed by atoms with Crippen molar-refractivity contribution in [3.8, 4) is 11.8 Å². The van der Waals surface area contributed by atoms with Crippen LogP contribution in [-0.4, -0.2) is 28.7 Å². The van der Waals surface area contributed by atoms with Crippen LogP contribution in [0.5, 0.6) is 5.75 Å². The normalized spacial score (nSPS) is 18.9. The van der Waals surface area contributed by atoms with E-state index in [2.05, 4.69) is 4.98 Å². The molecule has 1 saturated heterocycles. The first-order valence-electron chi connectivity index (χ1n) is 10.3. The molecule has 1 aliphatic heterocycles. The Balaban J connectivity index is 1.62. The maximum Gasteiger partial charge on any atom is 0.420 e. The third-order valence-electron chi connectivity index (χ3n) is 5.88. The number of pyridine rings is 2. The number of piperidine rings is 1. The molecular weight excluding hydrogens is 440 g/mol.